The van der Waals surface area contributed by atoms with Gasteiger partial charge in [0, 0.05) is 25.2 Å². The molecule has 2 aliphatic rings. The predicted molar refractivity (Wildman–Crippen MR) is 68.9 cm³/mol. The number of carbonyl (C=O) groups excluding carboxylic acids is 1. The SMILES string of the molecule is CCN(C(=O)CNCC1CCCN1C)C1CC1. The molecule has 0 aromatic heterocycles. The zero-order valence-electron chi connectivity index (χ0n) is 11.1. The van der Waals surface area contributed by atoms with E-state index < -0.39 is 0 Å². The molecule has 1 saturated heterocycles. The Bertz CT molecular complexity index is 265. The van der Waals surface area contributed by atoms with Crippen molar-refractivity contribution in [1.82, 2.24) is 15.1 Å². The van der Waals surface area contributed by atoms with Crippen LogP contribution in [-0.4, -0.2) is 61.0 Å². The molecular weight excluding hydrogens is 214 g/mol. The van der Waals surface area contributed by atoms with E-state index in [1.54, 1.807) is 0 Å². The molecule has 0 bridgehead atoms. The van der Waals surface area contributed by atoms with Crippen molar-refractivity contribution in [1.29, 1.82) is 0 Å². The van der Waals surface area contributed by atoms with Gasteiger partial charge in [0.05, 0.1) is 6.54 Å². The second-order valence-electron chi connectivity index (χ2n) is 5.32. The summed E-state index contributed by atoms with van der Waals surface area (Å²) in [5.41, 5.74) is 0. The lowest BCUT2D eigenvalue weighted by atomic mass is 10.2. The lowest BCUT2D eigenvalue weighted by Gasteiger charge is -2.23. The smallest absolute Gasteiger partial charge is 0.236 e. The summed E-state index contributed by atoms with van der Waals surface area (Å²) in [6.45, 7) is 5.58. The molecule has 1 saturated carbocycles. The minimum atomic E-state index is 0.274. The van der Waals surface area contributed by atoms with Crippen LogP contribution in [0.2, 0.25) is 0 Å². The van der Waals surface area contributed by atoms with Crippen molar-refractivity contribution in [2.45, 2.75) is 44.7 Å². The summed E-state index contributed by atoms with van der Waals surface area (Å²) in [4.78, 5) is 16.4. The van der Waals surface area contributed by atoms with Crippen molar-refractivity contribution in [3.8, 4) is 0 Å². The minimum absolute atomic E-state index is 0.274. The molecule has 1 N–H and O–H groups in total. The Hall–Kier alpha value is -0.610. The van der Waals surface area contributed by atoms with Crippen LogP contribution in [-0.2, 0) is 4.79 Å². The van der Waals surface area contributed by atoms with E-state index in [9.17, 15) is 4.79 Å². The molecule has 2 rings (SSSR count). The fourth-order valence-corrected chi connectivity index (χ4v) is 2.71. The molecule has 1 aliphatic heterocycles. The van der Waals surface area contributed by atoms with Gasteiger partial charge in [0.15, 0.2) is 0 Å². The first-order valence-electron chi connectivity index (χ1n) is 6.92. The first-order chi connectivity index (χ1) is 8.22. The number of hydrogen-bond donors (Lipinski definition) is 1. The monoisotopic (exact) mass is 239 g/mol. The van der Waals surface area contributed by atoms with Crippen molar-refractivity contribution < 1.29 is 4.79 Å². The second-order valence-corrected chi connectivity index (χ2v) is 5.32. The number of likely N-dealkylation sites (N-methyl/N-ethyl adjacent to an activating group) is 2. The Labute approximate surface area is 104 Å². The van der Waals surface area contributed by atoms with Crippen molar-refractivity contribution in [3.63, 3.8) is 0 Å². The lowest BCUT2D eigenvalue weighted by Crippen LogP contribution is -2.43. The summed E-state index contributed by atoms with van der Waals surface area (Å²) < 4.78 is 0. The van der Waals surface area contributed by atoms with E-state index in [-0.39, 0.29) is 5.91 Å². The number of nitrogens with one attached hydrogen (secondary N) is 1. The summed E-state index contributed by atoms with van der Waals surface area (Å²) >= 11 is 0. The van der Waals surface area contributed by atoms with E-state index in [1.807, 2.05) is 4.90 Å². The Kier molecular flexibility index (Phi) is 4.40. The third kappa shape index (κ3) is 3.42. The second kappa shape index (κ2) is 5.83. The Morgan fingerprint density at radius 1 is 1.41 bits per heavy atom. The molecule has 1 aliphatic carbocycles. The summed E-state index contributed by atoms with van der Waals surface area (Å²) in [5, 5.41) is 3.32. The van der Waals surface area contributed by atoms with Gasteiger partial charge in [0.2, 0.25) is 5.91 Å². The van der Waals surface area contributed by atoms with Crippen LogP contribution in [0, 0.1) is 0 Å². The first-order valence-corrected chi connectivity index (χ1v) is 6.92. The molecule has 0 aromatic rings. The van der Waals surface area contributed by atoms with Gasteiger partial charge >= 0.3 is 0 Å². The average Bonchev–Trinajstić information content (AvgIpc) is 3.05. The summed E-state index contributed by atoms with van der Waals surface area (Å²) in [7, 11) is 2.17. The van der Waals surface area contributed by atoms with Crippen LogP contribution >= 0.6 is 0 Å². The molecule has 1 heterocycles. The zero-order chi connectivity index (χ0) is 12.3. The predicted octanol–water partition coefficient (Wildman–Crippen LogP) is 0.681. The van der Waals surface area contributed by atoms with Gasteiger partial charge in [-0.2, -0.15) is 0 Å². The number of amides is 1. The largest absolute Gasteiger partial charge is 0.339 e. The molecule has 1 atom stereocenters. The average molecular weight is 239 g/mol. The van der Waals surface area contributed by atoms with Crippen LogP contribution in [0.15, 0.2) is 0 Å². The minimum Gasteiger partial charge on any atom is -0.339 e. The molecule has 98 valence electrons. The van der Waals surface area contributed by atoms with Crippen LogP contribution in [0.25, 0.3) is 0 Å². The molecule has 4 nitrogen and oxygen atoms in total. The molecule has 4 heteroatoms. The maximum atomic E-state index is 12.0. The van der Waals surface area contributed by atoms with Gasteiger partial charge in [-0.1, -0.05) is 0 Å². The molecular formula is C13H25N3O. The van der Waals surface area contributed by atoms with Gasteiger partial charge in [-0.05, 0) is 46.2 Å². The molecule has 2 fully saturated rings. The third-order valence-electron chi connectivity index (χ3n) is 3.98. The Balaban J connectivity index is 1.65. The van der Waals surface area contributed by atoms with Crippen LogP contribution in [0.1, 0.15) is 32.6 Å². The van der Waals surface area contributed by atoms with E-state index in [1.165, 1.54) is 32.2 Å². The first kappa shape index (κ1) is 12.8. The summed E-state index contributed by atoms with van der Waals surface area (Å²) in [6.07, 6.45) is 4.95. The van der Waals surface area contributed by atoms with Crippen molar-refractivity contribution in [2.24, 2.45) is 0 Å². The molecule has 0 aromatic carbocycles. The Morgan fingerprint density at radius 2 is 2.18 bits per heavy atom. The normalized spacial score (nSPS) is 25.2. The highest BCUT2D eigenvalue weighted by Gasteiger charge is 2.31. The number of nitrogens with zero attached hydrogens (tertiary/aromatic N) is 2. The Morgan fingerprint density at radius 3 is 2.71 bits per heavy atom. The van der Waals surface area contributed by atoms with Gasteiger partial charge in [0.25, 0.3) is 0 Å². The van der Waals surface area contributed by atoms with E-state index >= 15 is 0 Å². The van der Waals surface area contributed by atoms with Crippen molar-refractivity contribution >= 4 is 5.91 Å². The van der Waals surface area contributed by atoms with Crippen LogP contribution < -0.4 is 5.32 Å². The van der Waals surface area contributed by atoms with Gasteiger partial charge in [-0.15, -0.1) is 0 Å². The topological polar surface area (TPSA) is 35.6 Å². The highest BCUT2D eigenvalue weighted by atomic mass is 16.2. The van der Waals surface area contributed by atoms with Crippen LogP contribution in [0.5, 0.6) is 0 Å². The highest BCUT2D eigenvalue weighted by Crippen LogP contribution is 2.26. The van der Waals surface area contributed by atoms with Gasteiger partial charge in [-0.3, -0.25) is 4.79 Å². The molecule has 1 amide bonds. The number of hydrogen-bond acceptors (Lipinski definition) is 3. The molecule has 0 radical (unpaired) electrons. The van der Waals surface area contributed by atoms with Crippen LogP contribution in [0.4, 0.5) is 0 Å². The van der Waals surface area contributed by atoms with Crippen molar-refractivity contribution in [3.05, 3.63) is 0 Å². The van der Waals surface area contributed by atoms with E-state index in [2.05, 4.69) is 24.2 Å². The standard InChI is InChI=1S/C13H25N3O/c1-3-16(11-6-7-11)13(17)10-14-9-12-5-4-8-15(12)2/h11-12,14H,3-10H2,1-2H3. The third-order valence-corrected chi connectivity index (χ3v) is 3.98. The van der Waals surface area contributed by atoms with E-state index in [0.29, 0.717) is 18.6 Å². The highest BCUT2D eigenvalue weighted by molar-refractivity contribution is 5.78. The maximum Gasteiger partial charge on any atom is 0.236 e. The molecule has 17 heavy (non-hydrogen) atoms. The number of carbonyl (C=O) groups is 1. The molecule has 1 unspecified atom stereocenters. The quantitative estimate of drug-likeness (QED) is 0.740. The summed E-state index contributed by atoms with van der Waals surface area (Å²) in [5.74, 6) is 0.274. The molecule has 0 spiro atoms. The van der Waals surface area contributed by atoms with Gasteiger partial charge in [0.1, 0.15) is 0 Å². The zero-order valence-corrected chi connectivity index (χ0v) is 11.1. The summed E-state index contributed by atoms with van der Waals surface area (Å²) in [6, 6.07) is 1.17. The van der Waals surface area contributed by atoms with E-state index in [4.69, 9.17) is 0 Å². The van der Waals surface area contributed by atoms with Crippen LogP contribution in [0.3, 0.4) is 0 Å². The number of rotatable bonds is 6. The van der Waals surface area contributed by atoms with Gasteiger partial charge in [-0.25, -0.2) is 0 Å². The van der Waals surface area contributed by atoms with Gasteiger partial charge < -0.3 is 15.1 Å². The van der Waals surface area contributed by atoms with Crippen molar-refractivity contribution in [2.75, 3.05) is 33.2 Å². The fourth-order valence-electron chi connectivity index (χ4n) is 2.71. The van der Waals surface area contributed by atoms with E-state index in [0.717, 1.165) is 13.1 Å². The lowest BCUT2D eigenvalue weighted by molar-refractivity contribution is -0.130. The number of likely N-dealkylation sites (tertiary alicyclic amines) is 1. The maximum absolute atomic E-state index is 12.0. The fraction of sp³-hybridized carbons (Fsp3) is 0.923.